The normalized spacial score (nSPS) is 17.2. The quantitative estimate of drug-likeness (QED) is 0.449. The van der Waals surface area contributed by atoms with Crippen molar-refractivity contribution in [1.82, 2.24) is 14.4 Å². The zero-order valence-electron chi connectivity index (χ0n) is 23.9. The first-order valence-electron chi connectivity index (χ1n) is 13.2. The number of aromatic hydroxyl groups is 1. The summed E-state index contributed by atoms with van der Waals surface area (Å²) in [5.41, 5.74) is 3.14. The first-order valence-corrected chi connectivity index (χ1v) is 13.2. The van der Waals surface area contributed by atoms with Crippen molar-refractivity contribution in [1.29, 1.82) is 0 Å². The third-order valence-electron chi connectivity index (χ3n) is 7.21. The Morgan fingerprint density at radius 2 is 1.82 bits per heavy atom. The Labute approximate surface area is 229 Å². The van der Waals surface area contributed by atoms with E-state index in [4.69, 9.17) is 14.2 Å². The Hall–Kier alpha value is -3.56. The number of hydrogen-bond acceptors (Lipinski definition) is 8. The van der Waals surface area contributed by atoms with E-state index in [0.717, 1.165) is 59.4 Å². The molecule has 210 valence electrons. The number of carbonyl (C=O) groups is 2. The van der Waals surface area contributed by atoms with Crippen molar-refractivity contribution in [3.8, 4) is 11.5 Å². The number of phenolic OH excluding ortho intramolecular Hbond substituents is 1. The predicted molar refractivity (Wildman–Crippen MR) is 150 cm³/mol. The number of aromatic nitrogens is 1. The van der Waals surface area contributed by atoms with Crippen LogP contribution in [-0.2, 0) is 16.0 Å². The van der Waals surface area contributed by atoms with E-state index >= 15 is 0 Å². The third-order valence-corrected chi connectivity index (χ3v) is 7.21. The van der Waals surface area contributed by atoms with Crippen molar-refractivity contribution in [2.75, 3.05) is 40.9 Å². The molecule has 9 heteroatoms. The second-order valence-corrected chi connectivity index (χ2v) is 11.1. The first-order chi connectivity index (χ1) is 18.4. The molecular formula is C30H39N3O6. The SMILES string of the molecule is COC(=O)c1ccc(C2CCN(C)CCN2Cc2c(OC)cc(C)c3c2ccn3C(=O)OC(C)(C)C)cc1O. The molecule has 1 aliphatic heterocycles. The van der Waals surface area contributed by atoms with Crippen LogP contribution in [0, 0.1) is 6.92 Å². The van der Waals surface area contributed by atoms with Crippen LogP contribution in [0.3, 0.4) is 0 Å². The summed E-state index contributed by atoms with van der Waals surface area (Å²) < 4.78 is 17.9. The summed E-state index contributed by atoms with van der Waals surface area (Å²) in [5.74, 6) is 0.0848. The molecular weight excluding hydrogens is 498 g/mol. The van der Waals surface area contributed by atoms with Crippen LogP contribution in [0.1, 0.15) is 60.3 Å². The molecule has 0 aliphatic carbocycles. The van der Waals surface area contributed by atoms with Crippen molar-refractivity contribution in [3.63, 3.8) is 0 Å². The number of nitrogens with zero attached hydrogens (tertiary/aromatic N) is 3. The second-order valence-electron chi connectivity index (χ2n) is 11.1. The molecule has 2 aromatic carbocycles. The standard InChI is InChI=1S/C30H39N3O6/c1-19-16-26(37-6)23(21-10-13-33(27(19)21)29(36)39-30(2,3)4)18-32-15-14-31(5)12-11-24(32)20-8-9-22(25(34)17-20)28(35)38-7/h8-10,13,16-17,24,34H,11-12,14-15,18H2,1-7H3. The summed E-state index contributed by atoms with van der Waals surface area (Å²) in [4.78, 5) is 29.7. The molecule has 9 nitrogen and oxygen atoms in total. The van der Waals surface area contributed by atoms with Gasteiger partial charge in [0.05, 0.1) is 19.7 Å². The average Bonchev–Trinajstić information content (AvgIpc) is 3.25. The van der Waals surface area contributed by atoms with Crippen LogP contribution < -0.4 is 4.74 Å². The number of esters is 1. The highest BCUT2D eigenvalue weighted by molar-refractivity contribution is 5.95. The minimum atomic E-state index is -0.614. The molecule has 4 rings (SSSR count). The summed E-state index contributed by atoms with van der Waals surface area (Å²) >= 11 is 0. The van der Waals surface area contributed by atoms with E-state index in [1.807, 2.05) is 45.9 Å². The monoisotopic (exact) mass is 537 g/mol. The van der Waals surface area contributed by atoms with Crippen LogP contribution >= 0.6 is 0 Å². The minimum absolute atomic E-state index is 0.0125. The molecule has 0 amide bonds. The lowest BCUT2D eigenvalue weighted by atomic mass is 9.98. The second kappa shape index (κ2) is 11.3. The fraction of sp³-hybridized carbons (Fsp3) is 0.467. The molecule has 0 bridgehead atoms. The number of hydrogen-bond donors (Lipinski definition) is 1. The number of phenols is 1. The van der Waals surface area contributed by atoms with E-state index in [2.05, 4.69) is 16.8 Å². The summed E-state index contributed by atoms with van der Waals surface area (Å²) in [6, 6.07) is 9.07. The van der Waals surface area contributed by atoms with Gasteiger partial charge in [0.2, 0.25) is 0 Å². The average molecular weight is 538 g/mol. The van der Waals surface area contributed by atoms with Gasteiger partial charge in [-0.15, -0.1) is 0 Å². The van der Waals surface area contributed by atoms with E-state index in [-0.39, 0.29) is 17.4 Å². The smallest absolute Gasteiger partial charge is 0.419 e. The number of rotatable bonds is 5. The highest BCUT2D eigenvalue weighted by atomic mass is 16.6. The third kappa shape index (κ3) is 6.04. The highest BCUT2D eigenvalue weighted by Gasteiger charge is 2.29. The zero-order chi connectivity index (χ0) is 28.5. The van der Waals surface area contributed by atoms with Gasteiger partial charge in [0.25, 0.3) is 0 Å². The molecule has 3 aromatic rings. The fourth-order valence-corrected chi connectivity index (χ4v) is 5.27. The van der Waals surface area contributed by atoms with Crippen molar-refractivity contribution in [2.24, 2.45) is 0 Å². The number of likely N-dealkylation sites (N-methyl/N-ethyl adjacent to an activating group) is 1. The van der Waals surface area contributed by atoms with Crippen LogP contribution in [0.25, 0.3) is 10.9 Å². The van der Waals surface area contributed by atoms with Gasteiger partial charge in [-0.05, 0) is 83.1 Å². The van der Waals surface area contributed by atoms with Crippen LogP contribution in [-0.4, -0.2) is 78.0 Å². The molecule has 1 saturated heterocycles. The minimum Gasteiger partial charge on any atom is -0.507 e. The molecule has 1 unspecified atom stereocenters. The van der Waals surface area contributed by atoms with Crippen molar-refractivity contribution >= 4 is 23.0 Å². The van der Waals surface area contributed by atoms with Crippen molar-refractivity contribution in [3.05, 3.63) is 58.8 Å². The van der Waals surface area contributed by atoms with E-state index < -0.39 is 17.7 Å². The first kappa shape index (κ1) is 28.4. The molecule has 0 radical (unpaired) electrons. The lowest BCUT2D eigenvalue weighted by Crippen LogP contribution is -2.31. The van der Waals surface area contributed by atoms with Gasteiger partial charge in [0.1, 0.15) is 22.7 Å². The van der Waals surface area contributed by atoms with Gasteiger partial charge >= 0.3 is 12.1 Å². The number of aryl methyl sites for hydroxylation is 1. The van der Waals surface area contributed by atoms with E-state index in [1.165, 1.54) is 7.11 Å². The van der Waals surface area contributed by atoms with Gasteiger partial charge in [-0.3, -0.25) is 9.47 Å². The largest absolute Gasteiger partial charge is 0.507 e. The molecule has 2 heterocycles. The van der Waals surface area contributed by atoms with Crippen molar-refractivity contribution < 1.29 is 28.9 Å². The van der Waals surface area contributed by atoms with Gasteiger partial charge in [-0.2, -0.15) is 0 Å². The molecule has 1 fully saturated rings. The Morgan fingerprint density at radius 3 is 2.46 bits per heavy atom. The maximum atomic E-state index is 13.0. The maximum absolute atomic E-state index is 13.0. The van der Waals surface area contributed by atoms with E-state index in [1.54, 1.807) is 30.0 Å². The predicted octanol–water partition coefficient (Wildman–Crippen LogP) is 5.11. The number of fused-ring (bicyclic) bond motifs is 1. The van der Waals surface area contributed by atoms with Crippen LogP contribution in [0.2, 0.25) is 0 Å². The molecule has 1 atom stereocenters. The van der Waals surface area contributed by atoms with Gasteiger partial charge in [0.15, 0.2) is 0 Å². The molecule has 0 saturated carbocycles. The number of methoxy groups -OCH3 is 2. The van der Waals surface area contributed by atoms with Crippen LogP contribution in [0.5, 0.6) is 11.5 Å². The molecule has 1 aromatic heterocycles. The van der Waals surface area contributed by atoms with E-state index in [9.17, 15) is 14.7 Å². The molecule has 1 N–H and O–H groups in total. The number of carbonyl (C=O) groups excluding carboxylic acids is 2. The Bertz CT molecular complexity index is 1370. The maximum Gasteiger partial charge on any atom is 0.419 e. The molecule has 39 heavy (non-hydrogen) atoms. The summed E-state index contributed by atoms with van der Waals surface area (Å²) in [6.45, 7) is 10.6. The molecule has 1 aliphatic rings. The summed E-state index contributed by atoms with van der Waals surface area (Å²) in [6.07, 6.45) is 2.17. The lowest BCUT2D eigenvalue weighted by molar-refractivity contribution is 0.0542. The van der Waals surface area contributed by atoms with Gasteiger partial charge < -0.3 is 24.2 Å². The van der Waals surface area contributed by atoms with Gasteiger partial charge in [-0.25, -0.2) is 9.59 Å². The Morgan fingerprint density at radius 1 is 1.08 bits per heavy atom. The summed E-state index contributed by atoms with van der Waals surface area (Å²) in [5, 5.41) is 11.5. The lowest BCUT2D eigenvalue weighted by Gasteiger charge is -2.31. The van der Waals surface area contributed by atoms with Crippen LogP contribution in [0.15, 0.2) is 36.5 Å². The highest BCUT2D eigenvalue weighted by Crippen LogP contribution is 2.37. The van der Waals surface area contributed by atoms with Crippen LogP contribution in [0.4, 0.5) is 4.79 Å². The Balaban J connectivity index is 1.76. The number of benzene rings is 2. The van der Waals surface area contributed by atoms with Crippen molar-refractivity contribution in [2.45, 2.75) is 52.3 Å². The van der Waals surface area contributed by atoms with E-state index in [0.29, 0.717) is 6.54 Å². The molecule has 0 spiro atoms. The summed E-state index contributed by atoms with van der Waals surface area (Å²) in [7, 11) is 5.06. The Kier molecular flexibility index (Phi) is 8.23. The number of ether oxygens (including phenoxy) is 3. The van der Waals surface area contributed by atoms with Gasteiger partial charge in [0, 0.05) is 42.8 Å². The topological polar surface area (TPSA) is 93.5 Å². The van der Waals surface area contributed by atoms with Gasteiger partial charge in [-0.1, -0.05) is 6.07 Å². The zero-order valence-corrected chi connectivity index (χ0v) is 23.9. The fourth-order valence-electron chi connectivity index (χ4n) is 5.27.